The van der Waals surface area contributed by atoms with Gasteiger partial charge in [-0.15, -0.1) is 0 Å². The highest BCUT2D eigenvalue weighted by atomic mass is 16.4. The quantitative estimate of drug-likeness (QED) is 0.761. The highest BCUT2D eigenvalue weighted by molar-refractivity contribution is 5.91. The molecule has 0 radical (unpaired) electrons. The topological polar surface area (TPSA) is 105 Å². The van der Waals surface area contributed by atoms with Gasteiger partial charge in [-0.05, 0) is 13.8 Å². The Morgan fingerprint density at radius 1 is 1.80 bits per heavy atom. The van der Waals surface area contributed by atoms with Crippen LogP contribution in [0.3, 0.4) is 0 Å². The third-order valence-corrected chi connectivity index (χ3v) is 1.85. The van der Waals surface area contributed by atoms with Gasteiger partial charge in [-0.3, -0.25) is 4.68 Å². The molecule has 15 heavy (non-hydrogen) atoms. The molecule has 6 nitrogen and oxygen atoms in total. The molecule has 0 fully saturated rings. The largest absolute Gasteiger partial charge is 0.476 e. The third kappa shape index (κ3) is 2.47. The second kappa shape index (κ2) is 3.61. The zero-order valence-corrected chi connectivity index (χ0v) is 8.56. The number of aromatic nitrogens is 2. The van der Waals surface area contributed by atoms with E-state index in [-0.39, 0.29) is 11.4 Å². The predicted molar refractivity (Wildman–Crippen MR) is 53.0 cm³/mol. The Bertz CT molecular complexity index is 428. The van der Waals surface area contributed by atoms with Crippen molar-refractivity contribution in [2.45, 2.75) is 20.4 Å². The lowest BCUT2D eigenvalue weighted by Crippen LogP contribution is -2.18. The number of anilines is 1. The van der Waals surface area contributed by atoms with E-state index in [4.69, 9.17) is 16.1 Å². The van der Waals surface area contributed by atoms with E-state index in [0.717, 1.165) is 0 Å². The number of nitrogen functional groups attached to an aromatic ring is 1. The fourth-order valence-corrected chi connectivity index (χ4v) is 1.12. The normalized spacial score (nSPS) is 11.0. The molecule has 1 aromatic heterocycles. The highest BCUT2D eigenvalue weighted by Gasteiger charge is 2.20. The van der Waals surface area contributed by atoms with Gasteiger partial charge in [0, 0.05) is 6.20 Å². The minimum absolute atomic E-state index is 0.108. The molecule has 0 bridgehead atoms. The molecule has 1 aromatic rings. The monoisotopic (exact) mass is 208 g/mol. The van der Waals surface area contributed by atoms with E-state index in [1.54, 1.807) is 13.8 Å². The Morgan fingerprint density at radius 3 is 2.80 bits per heavy atom. The average molecular weight is 208 g/mol. The van der Waals surface area contributed by atoms with Crippen molar-refractivity contribution in [2.24, 2.45) is 5.41 Å². The first kappa shape index (κ1) is 11.0. The van der Waals surface area contributed by atoms with Crippen molar-refractivity contribution in [1.29, 1.82) is 5.26 Å². The second-order valence-electron chi connectivity index (χ2n) is 3.93. The molecule has 1 heterocycles. The number of nitriles is 1. The van der Waals surface area contributed by atoms with Crippen LogP contribution in [-0.2, 0) is 6.54 Å². The van der Waals surface area contributed by atoms with Gasteiger partial charge in [0.1, 0.15) is 0 Å². The smallest absolute Gasteiger partial charge is 0.358 e. The number of hydrogen-bond acceptors (Lipinski definition) is 4. The molecule has 0 unspecified atom stereocenters. The summed E-state index contributed by atoms with van der Waals surface area (Å²) in [5.74, 6) is -1.17. The molecule has 0 aromatic carbocycles. The average Bonchev–Trinajstić information content (AvgIpc) is 2.46. The van der Waals surface area contributed by atoms with E-state index in [1.165, 1.54) is 10.9 Å². The van der Waals surface area contributed by atoms with Crippen molar-refractivity contribution >= 4 is 11.7 Å². The van der Waals surface area contributed by atoms with Crippen LogP contribution in [0.2, 0.25) is 0 Å². The fourth-order valence-electron chi connectivity index (χ4n) is 1.12. The van der Waals surface area contributed by atoms with Gasteiger partial charge in [-0.2, -0.15) is 10.4 Å². The first-order chi connectivity index (χ1) is 6.85. The number of carbonyl (C=O) groups is 1. The molecule has 0 saturated carbocycles. The van der Waals surface area contributed by atoms with Crippen molar-refractivity contribution in [1.82, 2.24) is 9.78 Å². The van der Waals surface area contributed by atoms with Crippen LogP contribution in [0, 0.1) is 16.7 Å². The molecule has 3 N–H and O–H groups in total. The summed E-state index contributed by atoms with van der Waals surface area (Å²) in [4.78, 5) is 10.6. The SMILES string of the molecule is CC(C)(C#N)Cn1cc(N)c(C(=O)O)n1. The molecular weight excluding hydrogens is 196 g/mol. The number of nitrogens with zero attached hydrogens (tertiary/aromatic N) is 3. The molecule has 0 aliphatic rings. The summed E-state index contributed by atoms with van der Waals surface area (Å²) in [5, 5.41) is 21.3. The Hall–Kier alpha value is -2.03. The summed E-state index contributed by atoms with van der Waals surface area (Å²) in [7, 11) is 0. The number of carboxylic acids is 1. The summed E-state index contributed by atoms with van der Waals surface area (Å²) in [6, 6.07) is 2.10. The number of hydrogen-bond donors (Lipinski definition) is 2. The molecule has 0 atom stereocenters. The number of rotatable bonds is 3. The van der Waals surface area contributed by atoms with Crippen LogP contribution in [-0.4, -0.2) is 20.9 Å². The molecule has 0 saturated heterocycles. The lowest BCUT2D eigenvalue weighted by Gasteiger charge is -2.14. The third-order valence-electron chi connectivity index (χ3n) is 1.85. The molecule has 80 valence electrons. The van der Waals surface area contributed by atoms with Gasteiger partial charge in [-0.25, -0.2) is 4.79 Å². The summed E-state index contributed by atoms with van der Waals surface area (Å²) < 4.78 is 1.38. The van der Waals surface area contributed by atoms with Crippen LogP contribution in [0.5, 0.6) is 0 Å². The summed E-state index contributed by atoms with van der Waals surface area (Å²) in [6.45, 7) is 3.79. The van der Waals surface area contributed by atoms with Gasteiger partial charge >= 0.3 is 5.97 Å². The van der Waals surface area contributed by atoms with Gasteiger partial charge in [0.15, 0.2) is 5.69 Å². The van der Waals surface area contributed by atoms with Crippen molar-refractivity contribution in [3.63, 3.8) is 0 Å². The van der Waals surface area contributed by atoms with E-state index in [1.807, 2.05) is 0 Å². The van der Waals surface area contributed by atoms with Crippen molar-refractivity contribution < 1.29 is 9.90 Å². The molecule has 6 heteroatoms. The van der Waals surface area contributed by atoms with Gasteiger partial charge in [0.25, 0.3) is 0 Å². The van der Waals surface area contributed by atoms with Gasteiger partial charge in [0.05, 0.1) is 23.7 Å². The molecule has 0 aliphatic heterocycles. The molecule has 0 spiro atoms. The van der Waals surface area contributed by atoms with E-state index in [2.05, 4.69) is 11.2 Å². The number of carboxylic acid groups (broad SMARTS) is 1. The van der Waals surface area contributed by atoms with Crippen LogP contribution >= 0.6 is 0 Å². The number of nitrogens with two attached hydrogens (primary N) is 1. The van der Waals surface area contributed by atoms with Gasteiger partial charge < -0.3 is 10.8 Å². The second-order valence-corrected chi connectivity index (χ2v) is 3.93. The molecule has 1 rings (SSSR count). The van der Waals surface area contributed by atoms with Gasteiger partial charge in [0.2, 0.25) is 0 Å². The zero-order valence-electron chi connectivity index (χ0n) is 8.56. The summed E-state index contributed by atoms with van der Waals surface area (Å²) in [6.07, 6.45) is 1.42. The maximum atomic E-state index is 10.6. The summed E-state index contributed by atoms with van der Waals surface area (Å²) >= 11 is 0. The number of aromatic carboxylic acids is 1. The highest BCUT2D eigenvalue weighted by Crippen LogP contribution is 2.18. The zero-order chi connectivity index (χ0) is 11.6. The standard InChI is InChI=1S/C9H12N4O2/c1-9(2,4-10)5-13-3-6(11)7(12-13)8(14)15/h3H,5,11H2,1-2H3,(H,14,15). The molecular formula is C9H12N4O2. The van der Waals surface area contributed by atoms with Crippen LogP contribution in [0.4, 0.5) is 5.69 Å². The first-order valence-corrected chi connectivity index (χ1v) is 4.33. The Kier molecular flexibility index (Phi) is 2.66. The lowest BCUT2D eigenvalue weighted by atomic mass is 9.96. The first-order valence-electron chi connectivity index (χ1n) is 4.33. The maximum absolute atomic E-state index is 10.6. The fraction of sp³-hybridized carbons (Fsp3) is 0.444. The van der Waals surface area contributed by atoms with Crippen molar-refractivity contribution in [3.8, 4) is 6.07 Å². The Morgan fingerprint density at radius 2 is 2.40 bits per heavy atom. The minimum Gasteiger partial charge on any atom is -0.476 e. The van der Waals surface area contributed by atoms with Crippen LogP contribution in [0.25, 0.3) is 0 Å². The summed E-state index contributed by atoms with van der Waals surface area (Å²) in [5.41, 5.74) is 4.78. The molecule has 0 aliphatic carbocycles. The van der Waals surface area contributed by atoms with E-state index in [9.17, 15) is 4.79 Å². The van der Waals surface area contributed by atoms with Crippen LogP contribution < -0.4 is 5.73 Å². The minimum atomic E-state index is -1.17. The van der Waals surface area contributed by atoms with Crippen LogP contribution in [0.15, 0.2) is 6.20 Å². The van der Waals surface area contributed by atoms with E-state index >= 15 is 0 Å². The predicted octanol–water partition coefficient (Wildman–Crippen LogP) is 0.713. The van der Waals surface area contributed by atoms with Crippen molar-refractivity contribution in [3.05, 3.63) is 11.9 Å². The van der Waals surface area contributed by atoms with E-state index < -0.39 is 11.4 Å². The van der Waals surface area contributed by atoms with Gasteiger partial charge in [-0.1, -0.05) is 0 Å². The van der Waals surface area contributed by atoms with Crippen LogP contribution in [0.1, 0.15) is 24.3 Å². The van der Waals surface area contributed by atoms with E-state index in [0.29, 0.717) is 6.54 Å². The maximum Gasteiger partial charge on any atom is 0.358 e. The lowest BCUT2D eigenvalue weighted by molar-refractivity contribution is 0.0690. The Balaban J connectivity index is 2.95. The van der Waals surface area contributed by atoms with Crippen molar-refractivity contribution in [2.75, 3.05) is 5.73 Å². The molecule has 0 amide bonds. The Labute approximate surface area is 86.9 Å².